The number of rotatable bonds is 8. The number of carbonyl (C=O) groups excluding carboxylic acids is 1. The maximum Gasteiger partial charge on any atom is 0.243 e. The Hall–Kier alpha value is -1.89. The Bertz CT molecular complexity index is 626. The number of nitrogens with zero attached hydrogens (tertiary/aromatic N) is 1. The van der Waals surface area contributed by atoms with Crippen molar-refractivity contribution in [2.45, 2.75) is 57.2 Å². The highest BCUT2D eigenvalue weighted by molar-refractivity contribution is 5.74. The normalized spacial score (nSPS) is 21.1. The van der Waals surface area contributed by atoms with Crippen LogP contribution in [0.5, 0.6) is 0 Å². The van der Waals surface area contributed by atoms with Crippen LogP contribution >= 0.6 is 0 Å². The number of hydrogen-bond acceptors (Lipinski definition) is 5. The lowest BCUT2D eigenvalue weighted by Gasteiger charge is -2.35. The summed E-state index contributed by atoms with van der Waals surface area (Å²) < 4.78 is 6.09. The fourth-order valence-electron chi connectivity index (χ4n) is 3.86. The molecular weight excluding hydrogens is 342 g/mol. The third kappa shape index (κ3) is 6.06. The van der Waals surface area contributed by atoms with Gasteiger partial charge < -0.3 is 10.1 Å². The van der Waals surface area contributed by atoms with E-state index in [0.717, 1.165) is 50.3 Å². The maximum atomic E-state index is 11.1. The van der Waals surface area contributed by atoms with Crippen LogP contribution in [0.4, 0.5) is 0 Å². The molecule has 3 rings (SSSR count). The number of nitrogens with one attached hydrogen (secondary N) is 2. The molecule has 3 N–H and O–H groups in total. The Balaban J connectivity index is 1.46. The van der Waals surface area contributed by atoms with Crippen molar-refractivity contribution in [3.05, 3.63) is 47.7 Å². The maximum absolute atomic E-state index is 11.1. The van der Waals surface area contributed by atoms with Gasteiger partial charge >= 0.3 is 0 Å². The highest BCUT2D eigenvalue weighted by Gasteiger charge is 2.25. The highest BCUT2D eigenvalue weighted by atomic mass is 16.5. The van der Waals surface area contributed by atoms with E-state index in [-0.39, 0.29) is 11.9 Å². The quantitative estimate of drug-likeness (QED) is 0.371. The zero-order valence-corrected chi connectivity index (χ0v) is 16.0. The molecule has 1 atom stereocenters. The van der Waals surface area contributed by atoms with Crippen LogP contribution in [-0.2, 0) is 22.5 Å². The lowest BCUT2D eigenvalue weighted by atomic mass is 10.1. The molecule has 6 nitrogen and oxygen atoms in total. The lowest BCUT2D eigenvalue weighted by molar-refractivity contribution is -0.129. The molecule has 1 saturated heterocycles. The summed E-state index contributed by atoms with van der Waals surface area (Å²) in [6.45, 7) is 7.92. The Morgan fingerprint density at radius 2 is 1.96 bits per heavy atom. The lowest BCUT2D eigenvalue weighted by Crippen LogP contribution is -2.51. The number of ether oxygens (including phenoxy) is 1. The van der Waals surface area contributed by atoms with Gasteiger partial charge in [-0.15, -0.1) is 0 Å². The van der Waals surface area contributed by atoms with E-state index >= 15 is 0 Å². The van der Waals surface area contributed by atoms with Crippen molar-refractivity contribution in [2.24, 2.45) is 0 Å². The number of amides is 1. The van der Waals surface area contributed by atoms with Crippen LogP contribution in [0, 0.1) is 0 Å². The number of carbonyl (C=O) groups is 1. The van der Waals surface area contributed by atoms with Crippen LogP contribution in [0.15, 0.2) is 36.6 Å². The van der Waals surface area contributed by atoms with Crippen molar-refractivity contribution >= 4 is 5.91 Å². The average Bonchev–Trinajstić information content (AvgIpc) is 3.20. The molecule has 1 aliphatic carbocycles. The number of aryl methyl sites for hydroxylation is 1. The van der Waals surface area contributed by atoms with Crippen molar-refractivity contribution in [1.82, 2.24) is 15.7 Å². The topological polar surface area (TPSA) is 73.8 Å². The first-order valence-corrected chi connectivity index (χ1v) is 9.96. The second-order valence-corrected chi connectivity index (χ2v) is 7.58. The SMILES string of the molecule is C=C(OC1CCCC1)C1CN(Cc2ccc(CCC(=O)NO)cc2)CCN1. The van der Waals surface area contributed by atoms with Crippen molar-refractivity contribution in [3.8, 4) is 0 Å². The number of piperazine rings is 1. The largest absolute Gasteiger partial charge is 0.494 e. The molecule has 2 aliphatic rings. The van der Waals surface area contributed by atoms with Crippen molar-refractivity contribution < 1.29 is 14.7 Å². The smallest absolute Gasteiger partial charge is 0.243 e. The fraction of sp³-hybridized carbons (Fsp3) is 0.571. The molecule has 1 aromatic carbocycles. The van der Waals surface area contributed by atoms with Gasteiger partial charge in [0.05, 0.1) is 12.1 Å². The first-order chi connectivity index (χ1) is 13.1. The molecule has 1 aromatic rings. The Labute approximate surface area is 161 Å². The predicted octanol–water partition coefficient (Wildman–Crippen LogP) is 2.37. The molecule has 0 spiro atoms. The molecule has 1 heterocycles. The van der Waals surface area contributed by atoms with E-state index in [2.05, 4.69) is 41.1 Å². The second kappa shape index (κ2) is 9.88. The molecule has 0 radical (unpaired) electrons. The van der Waals surface area contributed by atoms with Gasteiger partial charge in [-0.2, -0.15) is 0 Å². The summed E-state index contributed by atoms with van der Waals surface area (Å²) in [5, 5.41) is 12.1. The summed E-state index contributed by atoms with van der Waals surface area (Å²) in [5.41, 5.74) is 4.02. The Morgan fingerprint density at radius 3 is 2.67 bits per heavy atom. The van der Waals surface area contributed by atoms with Gasteiger partial charge in [0.15, 0.2) is 0 Å². The van der Waals surface area contributed by atoms with E-state index in [1.54, 1.807) is 5.48 Å². The summed E-state index contributed by atoms with van der Waals surface area (Å²) in [6.07, 6.45) is 6.11. The number of benzene rings is 1. The molecule has 2 fully saturated rings. The van der Waals surface area contributed by atoms with E-state index in [4.69, 9.17) is 9.94 Å². The van der Waals surface area contributed by atoms with E-state index in [0.29, 0.717) is 18.9 Å². The van der Waals surface area contributed by atoms with Gasteiger partial charge in [0, 0.05) is 32.6 Å². The molecule has 0 aromatic heterocycles. The molecule has 148 valence electrons. The average molecular weight is 373 g/mol. The van der Waals surface area contributed by atoms with Gasteiger partial charge in [-0.25, -0.2) is 5.48 Å². The summed E-state index contributed by atoms with van der Waals surface area (Å²) in [4.78, 5) is 13.5. The van der Waals surface area contributed by atoms with Crippen LogP contribution in [0.2, 0.25) is 0 Å². The molecule has 6 heteroatoms. The number of hydrogen-bond donors (Lipinski definition) is 3. The standard InChI is InChI=1S/C21H31N3O3/c1-16(27-19-4-2-3-5-19)20-15-24(13-12-22-20)14-18-8-6-17(7-9-18)10-11-21(25)23-26/h6-9,19-20,22,26H,1-5,10-15H2,(H,23,25). The minimum Gasteiger partial charge on any atom is -0.494 e. The predicted molar refractivity (Wildman–Crippen MR) is 104 cm³/mol. The Morgan fingerprint density at radius 1 is 1.26 bits per heavy atom. The third-order valence-corrected chi connectivity index (χ3v) is 5.46. The van der Waals surface area contributed by atoms with Gasteiger partial charge in [-0.3, -0.25) is 14.9 Å². The molecule has 1 amide bonds. The van der Waals surface area contributed by atoms with E-state index in [1.807, 2.05) is 0 Å². The van der Waals surface area contributed by atoms with Crippen LogP contribution in [0.1, 0.15) is 43.2 Å². The van der Waals surface area contributed by atoms with Crippen molar-refractivity contribution in [1.29, 1.82) is 0 Å². The van der Waals surface area contributed by atoms with Gasteiger partial charge in [-0.1, -0.05) is 30.8 Å². The van der Waals surface area contributed by atoms with Gasteiger partial charge in [0.1, 0.15) is 5.76 Å². The zero-order chi connectivity index (χ0) is 19.1. The summed E-state index contributed by atoms with van der Waals surface area (Å²) in [5.74, 6) is 0.523. The van der Waals surface area contributed by atoms with Crippen LogP contribution in [-0.4, -0.2) is 47.8 Å². The molecule has 1 unspecified atom stereocenters. The zero-order valence-electron chi connectivity index (χ0n) is 16.0. The van der Waals surface area contributed by atoms with Gasteiger partial charge in [0.2, 0.25) is 5.91 Å². The molecule has 1 saturated carbocycles. The summed E-state index contributed by atoms with van der Waals surface area (Å²) in [6, 6.07) is 8.54. The van der Waals surface area contributed by atoms with E-state index in [9.17, 15) is 4.79 Å². The van der Waals surface area contributed by atoms with Crippen LogP contribution < -0.4 is 10.8 Å². The molecule has 27 heavy (non-hydrogen) atoms. The third-order valence-electron chi connectivity index (χ3n) is 5.46. The first kappa shape index (κ1) is 19.9. The minimum absolute atomic E-state index is 0.190. The molecular formula is C21H31N3O3. The second-order valence-electron chi connectivity index (χ2n) is 7.58. The van der Waals surface area contributed by atoms with Crippen molar-refractivity contribution in [3.63, 3.8) is 0 Å². The van der Waals surface area contributed by atoms with E-state index < -0.39 is 0 Å². The first-order valence-electron chi connectivity index (χ1n) is 9.96. The number of hydroxylamine groups is 1. The highest BCUT2D eigenvalue weighted by Crippen LogP contribution is 2.24. The molecule has 1 aliphatic heterocycles. The van der Waals surface area contributed by atoms with Gasteiger partial charge in [0.25, 0.3) is 0 Å². The van der Waals surface area contributed by atoms with Crippen LogP contribution in [0.25, 0.3) is 0 Å². The fourth-order valence-corrected chi connectivity index (χ4v) is 3.86. The summed E-state index contributed by atoms with van der Waals surface area (Å²) >= 11 is 0. The Kier molecular flexibility index (Phi) is 7.26. The minimum atomic E-state index is -0.356. The molecule has 0 bridgehead atoms. The monoisotopic (exact) mass is 373 g/mol. The van der Waals surface area contributed by atoms with Gasteiger partial charge in [-0.05, 0) is 43.2 Å². The van der Waals surface area contributed by atoms with E-state index in [1.165, 1.54) is 18.4 Å². The van der Waals surface area contributed by atoms with Crippen LogP contribution in [0.3, 0.4) is 0 Å². The van der Waals surface area contributed by atoms with Crippen molar-refractivity contribution in [2.75, 3.05) is 19.6 Å². The summed E-state index contributed by atoms with van der Waals surface area (Å²) in [7, 11) is 0.